The van der Waals surface area contributed by atoms with Crippen molar-refractivity contribution >= 4 is 22.9 Å². The van der Waals surface area contributed by atoms with Gasteiger partial charge in [0.05, 0.1) is 18.7 Å². The van der Waals surface area contributed by atoms with E-state index < -0.39 is 0 Å². The largest absolute Gasteiger partial charge is 0.493 e. The highest BCUT2D eigenvalue weighted by atomic mass is 35.5. The molecular weight excluding hydrogens is 274 g/mol. The molecule has 18 heavy (non-hydrogen) atoms. The number of benzene rings is 1. The van der Waals surface area contributed by atoms with Gasteiger partial charge in [-0.1, -0.05) is 0 Å². The Kier molecular flexibility index (Phi) is 3.01. The van der Waals surface area contributed by atoms with Gasteiger partial charge in [0.2, 0.25) is 12.5 Å². The quantitative estimate of drug-likeness (QED) is 0.811. The van der Waals surface area contributed by atoms with E-state index in [2.05, 4.69) is 4.98 Å². The summed E-state index contributed by atoms with van der Waals surface area (Å²) in [4.78, 5) is 4.43. The molecule has 2 heterocycles. The van der Waals surface area contributed by atoms with Crippen molar-refractivity contribution in [1.29, 1.82) is 0 Å². The molecule has 0 unspecified atom stereocenters. The van der Waals surface area contributed by atoms with Crippen molar-refractivity contribution in [2.45, 2.75) is 5.88 Å². The van der Waals surface area contributed by atoms with Gasteiger partial charge in [-0.05, 0) is 12.1 Å². The predicted molar refractivity (Wildman–Crippen MR) is 69.8 cm³/mol. The summed E-state index contributed by atoms with van der Waals surface area (Å²) in [5.74, 6) is 2.41. The summed E-state index contributed by atoms with van der Waals surface area (Å²) in [5, 5.41) is 2.83. The molecule has 4 nitrogen and oxygen atoms in total. The zero-order valence-electron chi connectivity index (χ0n) is 9.60. The van der Waals surface area contributed by atoms with Crippen molar-refractivity contribution in [3.05, 3.63) is 23.2 Å². The number of fused-ring (bicyclic) bond motifs is 1. The molecule has 0 aliphatic carbocycles. The van der Waals surface area contributed by atoms with Crippen molar-refractivity contribution < 1.29 is 14.2 Å². The normalized spacial score (nSPS) is 12.8. The van der Waals surface area contributed by atoms with E-state index >= 15 is 0 Å². The van der Waals surface area contributed by atoms with Crippen LogP contribution >= 0.6 is 22.9 Å². The summed E-state index contributed by atoms with van der Waals surface area (Å²) >= 11 is 7.30. The molecule has 0 amide bonds. The highest BCUT2D eigenvalue weighted by Gasteiger charge is 2.21. The molecular formula is C12H10ClNO3S. The second kappa shape index (κ2) is 4.66. The fourth-order valence-electron chi connectivity index (χ4n) is 1.75. The number of rotatable bonds is 3. The first kappa shape index (κ1) is 11.6. The van der Waals surface area contributed by atoms with Crippen LogP contribution in [0.1, 0.15) is 5.69 Å². The van der Waals surface area contributed by atoms with Crippen LogP contribution in [-0.4, -0.2) is 18.9 Å². The Balaban J connectivity index is 2.07. The van der Waals surface area contributed by atoms with E-state index in [0.717, 1.165) is 16.3 Å². The Morgan fingerprint density at radius 2 is 2.33 bits per heavy atom. The van der Waals surface area contributed by atoms with E-state index in [1.807, 2.05) is 17.5 Å². The SMILES string of the molecule is COc1cc(-c2nc(CCl)cs2)cc2c1OCO2. The number of aromatic nitrogens is 1. The van der Waals surface area contributed by atoms with Gasteiger partial charge in [0.25, 0.3) is 0 Å². The van der Waals surface area contributed by atoms with Crippen molar-refractivity contribution in [3.63, 3.8) is 0 Å². The Morgan fingerprint density at radius 1 is 1.44 bits per heavy atom. The molecule has 0 saturated carbocycles. The van der Waals surface area contributed by atoms with Gasteiger partial charge in [0.15, 0.2) is 11.5 Å². The minimum atomic E-state index is 0.222. The van der Waals surface area contributed by atoms with Crippen LogP contribution in [0.15, 0.2) is 17.5 Å². The monoisotopic (exact) mass is 283 g/mol. The van der Waals surface area contributed by atoms with Crippen molar-refractivity contribution in [2.75, 3.05) is 13.9 Å². The molecule has 0 atom stereocenters. The molecule has 6 heteroatoms. The Labute approximate surface area is 113 Å². The van der Waals surface area contributed by atoms with Crippen LogP contribution in [0.3, 0.4) is 0 Å². The van der Waals surface area contributed by atoms with E-state index in [4.69, 9.17) is 25.8 Å². The number of halogens is 1. The first-order valence-corrected chi connectivity index (χ1v) is 6.71. The van der Waals surface area contributed by atoms with Crippen LogP contribution in [0.5, 0.6) is 17.2 Å². The summed E-state index contributed by atoms with van der Waals surface area (Å²) in [6.07, 6.45) is 0. The number of hydrogen-bond donors (Lipinski definition) is 0. The molecule has 1 aromatic heterocycles. The van der Waals surface area contributed by atoms with E-state index in [1.165, 1.54) is 0 Å². The van der Waals surface area contributed by atoms with Crippen molar-refractivity contribution in [1.82, 2.24) is 4.98 Å². The second-order valence-electron chi connectivity index (χ2n) is 3.69. The third-order valence-corrected chi connectivity index (χ3v) is 3.81. The first-order chi connectivity index (χ1) is 8.81. The Bertz CT molecular complexity index is 585. The average Bonchev–Trinajstić information content (AvgIpc) is 3.05. The fourth-order valence-corrected chi connectivity index (χ4v) is 2.79. The van der Waals surface area contributed by atoms with Gasteiger partial charge in [-0.3, -0.25) is 0 Å². The van der Waals surface area contributed by atoms with Crippen molar-refractivity contribution in [3.8, 4) is 27.8 Å². The maximum absolute atomic E-state index is 5.75. The molecule has 0 saturated heterocycles. The van der Waals surface area contributed by atoms with E-state index in [1.54, 1.807) is 18.4 Å². The summed E-state index contributed by atoms with van der Waals surface area (Å²) < 4.78 is 16.0. The van der Waals surface area contributed by atoms with E-state index in [9.17, 15) is 0 Å². The Hall–Kier alpha value is -1.46. The van der Waals surface area contributed by atoms with Gasteiger partial charge in [0.1, 0.15) is 5.01 Å². The lowest BCUT2D eigenvalue weighted by molar-refractivity contribution is 0.171. The first-order valence-electron chi connectivity index (χ1n) is 5.30. The topological polar surface area (TPSA) is 40.6 Å². The minimum Gasteiger partial charge on any atom is -0.493 e. The van der Waals surface area contributed by atoms with Crippen LogP contribution < -0.4 is 14.2 Å². The molecule has 2 aromatic rings. The van der Waals surface area contributed by atoms with Crippen LogP contribution in [0.25, 0.3) is 10.6 Å². The number of ether oxygens (including phenoxy) is 3. The molecule has 94 valence electrons. The number of methoxy groups -OCH3 is 1. The molecule has 0 N–H and O–H groups in total. The number of thiazole rings is 1. The van der Waals surface area contributed by atoms with E-state index in [0.29, 0.717) is 23.1 Å². The molecule has 0 spiro atoms. The van der Waals surface area contributed by atoms with Gasteiger partial charge in [-0.2, -0.15) is 0 Å². The number of nitrogens with zero attached hydrogens (tertiary/aromatic N) is 1. The molecule has 1 aromatic carbocycles. The van der Waals surface area contributed by atoms with Gasteiger partial charge in [-0.15, -0.1) is 22.9 Å². The maximum Gasteiger partial charge on any atom is 0.231 e. The van der Waals surface area contributed by atoms with Crippen molar-refractivity contribution in [2.24, 2.45) is 0 Å². The van der Waals surface area contributed by atoms with Gasteiger partial charge in [0, 0.05) is 10.9 Å². The predicted octanol–water partition coefficient (Wildman–Crippen LogP) is 3.29. The van der Waals surface area contributed by atoms with Crippen LogP contribution in [0.2, 0.25) is 0 Å². The molecule has 1 aliphatic rings. The van der Waals surface area contributed by atoms with E-state index in [-0.39, 0.29) is 6.79 Å². The summed E-state index contributed by atoms with van der Waals surface area (Å²) in [7, 11) is 1.60. The van der Waals surface area contributed by atoms with Crippen LogP contribution in [-0.2, 0) is 5.88 Å². The zero-order valence-corrected chi connectivity index (χ0v) is 11.2. The minimum absolute atomic E-state index is 0.222. The molecule has 1 aliphatic heterocycles. The third-order valence-electron chi connectivity index (χ3n) is 2.59. The molecule has 3 rings (SSSR count). The standard InChI is InChI=1S/C12H10ClNO3S/c1-15-9-2-7(3-10-11(9)17-6-16-10)12-14-8(4-13)5-18-12/h2-3,5H,4,6H2,1H3. The lowest BCUT2D eigenvalue weighted by Crippen LogP contribution is -1.93. The lowest BCUT2D eigenvalue weighted by Gasteiger charge is -2.06. The average molecular weight is 284 g/mol. The highest BCUT2D eigenvalue weighted by molar-refractivity contribution is 7.13. The molecule has 0 fully saturated rings. The summed E-state index contributed by atoms with van der Waals surface area (Å²) in [6, 6.07) is 3.80. The van der Waals surface area contributed by atoms with Gasteiger partial charge < -0.3 is 14.2 Å². The number of hydrogen-bond acceptors (Lipinski definition) is 5. The van der Waals surface area contributed by atoms with Crippen LogP contribution in [0.4, 0.5) is 0 Å². The molecule has 0 radical (unpaired) electrons. The summed E-state index contributed by atoms with van der Waals surface area (Å²) in [6.45, 7) is 0.222. The fraction of sp³-hybridized carbons (Fsp3) is 0.250. The lowest BCUT2D eigenvalue weighted by atomic mass is 10.2. The van der Waals surface area contributed by atoms with Gasteiger partial charge in [-0.25, -0.2) is 4.98 Å². The smallest absolute Gasteiger partial charge is 0.231 e. The van der Waals surface area contributed by atoms with Crippen LogP contribution in [0, 0.1) is 0 Å². The summed E-state index contributed by atoms with van der Waals surface area (Å²) in [5.41, 5.74) is 1.81. The number of alkyl halides is 1. The van der Waals surface area contributed by atoms with Gasteiger partial charge >= 0.3 is 0 Å². The molecule has 0 bridgehead atoms. The maximum atomic E-state index is 5.75. The second-order valence-corrected chi connectivity index (χ2v) is 4.82. The zero-order chi connectivity index (χ0) is 12.5. The highest BCUT2D eigenvalue weighted by Crippen LogP contribution is 2.44. The Morgan fingerprint density at radius 3 is 3.06 bits per heavy atom. The third kappa shape index (κ3) is 1.89.